The maximum Gasteiger partial charge on any atom is 0.410 e. The van der Waals surface area contributed by atoms with Crippen molar-refractivity contribution in [3.05, 3.63) is 53.9 Å². The molecule has 3 heterocycles. The van der Waals surface area contributed by atoms with E-state index in [4.69, 9.17) is 4.74 Å². The summed E-state index contributed by atoms with van der Waals surface area (Å²) in [6.07, 6.45) is 3.68. The third-order valence-corrected chi connectivity index (χ3v) is 5.35. The van der Waals surface area contributed by atoms with Crippen LogP contribution in [-0.4, -0.2) is 71.6 Å². The topological polar surface area (TPSA) is 78.9 Å². The maximum atomic E-state index is 13.4. The van der Waals surface area contributed by atoms with Crippen LogP contribution in [0.25, 0.3) is 0 Å². The van der Waals surface area contributed by atoms with Crippen molar-refractivity contribution in [2.24, 2.45) is 0 Å². The Kier molecular flexibility index (Phi) is 5.10. The number of fused-ring (bicyclic) bond motifs is 1. The SMILES string of the molecule is COC(=O)N1CCc2ccccc2[C@@H]1C(=O)N1CCN(c2ncccn2)CC1. The molecule has 0 bridgehead atoms. The van der Waals surface area contributed by atoms with Gasteiger partial charge in [0.2, 0.25) is 11.9 Å². The zero-order valence-corrected chi connectivity index (χ0v) is 15.8. The zero-order valence-electron chi connectivity index (χ0n) is 15.8. The van der Waals surface area contributed by atoms with Crippen LogP contribution in [0.15, 0.2) is 42.7 Å². The van der Waals surface area contributed by atoms with E-state index >= 15 is 0 Å². The van der Waals surface area contributed by atoms with Crippen LogP contribution in [0.1, 0.15) is 17.2 Å². The largest absolute Gasteiger partial charge is 0.453 e. The Morgan fingerprint density at radius 1 is 1.00 bits per heavy atom. The van der Waals surface area contributed by atoms with Gasteiger partial charge in [-0.15, -0.1) is 0 Å². The van der Waals surface area contributed by atoms with Gasteiger partial charge in [-0.2, -0.15) is 0 Å². The van der Waals surface area contributed by atoms with E-state index in [1.165, 1.54) is 12.0 Å². The third-order valence-electron chi connectivity index (χ3n) is 5.35. The molecule has 1 fully saturated rings. The van der Waals surface area contributed by atoms with Crippen LogP contribution in [0.5, 0.6) is 0 Å². The number of anilines is 1. The molecule has 2 aromatic rings. The van der Waals surface area contributed by atoms with Gasteiger partial charge in [0.1, 0.15) is 6.04 Å². The quantitative estimate of drug-likeness (QED) is 0.784. The summed E-state index contributed by atoms with van der Waals surface area (Å²) in [5.74, 6) is 0.611. The van der Waals surface area contributed by atoms with Gasteiger partial charge in [-0.25, -0.2) is 14.8 Å². The summed E-state index contributed by atoms with van der Waals surface area (Å²) < 4.78 is 4.94. The molecule has 28 heavy (non-hydrogen) atoms. The third kappa shape index (κ3) is 3.37. The van der Waals surface area contributed by atoms with E-state index in [2.05, 4.69) is 14.9 Å². The second-order valence-corrected chi connectivity index (χ2v) is 6.88. The molecule has 0 aliphatic carbocycles. The van der Waals surface area contributed by atoms with Crippen molar-refractivity contribution in [3.63, 3.8) is 0 Å². The summed E-state index contributed by atoms with van der Waals surface area (Å²) in [4.78, 5) is 39.7. The Bertz CT molecular complexity index is 852. The summed E-state index contributed by atoms with van der Waals surface area (Å²) in [7, 11) is 1.35. The molecule has 4 rings (SSSR count). The van der Waals surface area contributed by atoms with E-state index in [1.807, 2.05) is 29.2 Å². The lowest BCUT2D eigenvalue weighted by Crippen LogP contribution is -2.54. The number of hydrogen-bond acceptors (Lipinski definition) is 6. The highest BCUT2D eigenvalue weighted by atomic mass is 16.5. The fraction of sp³-hybridized carbons (Fsp3) is 0.400. The maximum absolute atomic E-state index is 13.4. The van der Waals surface area contributed by atoms with E-state index in [1.54, 1.807) is 18.5 Å². The van der Waals surface area contributed by atoms with Crippen molar-refractivity contribution in [2.45, 2.75) is 12.5 Å². The number of piperazine rings is 1. The monoisotopic (exact) mass is 381 g/mol. The van der Waals surface area contributed by atoms with E-state index in [9.17, 15) is 9.59 Å². The Morgan fingerprint density at radius 2 is 1.71 bits per heavy atom. The molecule has 2 aliphatic heterocycles. The van der Waals surface area contributed by atoms with E-state index in [0.29, 0.717) is 45.1 Å². The average Bonchev–Trinajstić information content (AvgIpc) is 2.78. The molecule has 2 aliphatic rings. The molecule has 1 saturated heterocycles. The van der Waals surface area contributed by atoms with Gasteiger partial charge < -0.3 is 14.5 Å². The van der Waals surface area contributed by atoms with E-state index in [0.717, 1.165) is 11.1 Å². The second-order valence-electron chi connectivity index (χ2n) is 6.88. The first-order valence-corrected chi connectivity index (χ1v) is 9.42. The number of hydrogen-bond donors (Lipinski definition) is 0. The normalized spacial score (nSPS) is 19.2. The van der Waals surface area contributed by atoms with Crippen LogP contribution in [0.2, 0.25) is 0 Å². The zero-order chi connectivity index (χ0) is 19.5. The molecular formula is C20H23N5O3. The number of aromatic nitrogens is 2. The summed E-state index contributed by atoms with van der Waals surface area (Å²) in [5, 5.41) is 0. The molecule has 8 nitrogen and oxygen atoms in total. The van der Waals surface area contributed by atoms with Crippen molar-refractivity contribution in [1.82, 2.24) is 19.8 Å². The lowest BCUT2D eigenvalue weighted by molar-refractivity contribution is -0.137. The van der Waals surface area contributed by atoms with Gasteiger partial charge in [0.25, 0.3) is 0 Å². The Labute approximate surface area is 163 Å². The molecule has 1 atom stereocenters. The van der Waals surface area contributed by atoms with Crippen LogP contribution in [-0.2, 0) is 16.0 Å². The lowest BCUT2D eigenvalue weighted by Gasteiger charge is -2.41. The first kappa shape index (κ1) is 18.2. The smallest absolute Gasteiger partial charge is 0.410 e. The molecule has 0 N–H and O–H groups in total. The minimum Gasteiger partial charge on any atom is -0.453 e. The molecule has 8 heteroatoms. The fourth-order valence-corrected chi connectivity index (χ4v) is 3.90. The fourth-order valence-electron chi connectivity index (χ4n) is 3.90. The molecule has 0 saturated carbocycles. The standard InChI is InChI=1S/C20H23N5O3/c1-28-20(27)25-10-7-15-5-2-3-6-16(15)17(25)18(26)23-11-13-24(14-12-23)19-21-8-4-9-22-19/h2-6,8-9,17H,7,10-14H2,1H3/t17-/m1/s1. The molecule has 0 spiro atoms. The van der Waals surface area contributed by atoms with Gasteiger partial charge in [-0.05, 0) is 23.6 Å². The molecule has 0 radical (unpaired) electrons. The van der Waals surface area contributed by atoms with Crippen molar-refractivity contribution < 1.29 is 14.3 Å². The Morgan fingerprint density at radius 3 is 2.43 bits per heavy atom. The summed E-state index contributed by atoms with van der Waals surface area (Å²) >= 11 is 0. The van der Waals surface area contributed by atoms with Crippen molar-refractivity contribution >= 4 is 17.9 Å². The predicted octanol–water partition coefficient (Wildman–Crippen LogP) is 1.49. The van der Waals surface area contributed by atoms with Gasteiger partial charge in [0.05, 0.1) is 7.11 Å². The average molecular weight is 381 g/mol. The number of rotatable bonds is 2. The molecule has 2 amide bonds. The van der Waals surface area contributed by atoms with E-state index < -0.39 is 12.1 Å². The highest BCUT2D eigenvalue weighted by Gasteiger charge is 2.39. The van der Waals surface area contributed by atoms with Gasteiger partial charge in [0, 0.05) is 45.1 Å². The van der Waals surface area contributed by atoms with Crippen LogP contribution >= 0.6 is 0 Å². The number of nitrogens with zero attached hydrogens (tertiary/aromatic N) is 5. The molecule has 0 unspecified atom stereocenters. The Balaban J connectivity index is 1.53. The summed E-state index contributed by atoms with van der Waals surface area (Å²) in [5.41, 5.74) is 2.00. The minimum atomic E-state index is -0.642. The summed E-state index contributed by atoms with van der Waals surface area (Å²) in [6, 6.07) is 8.97. The highest BCUT2D eigenvalue weighted by molar-refractivity contribution is 5.88. The van der Waals surface area contributed by atoms with E-state index in [-0.39, 0.29) is 5.91 Å². The van der Waals surface area contributed by atoms with Gasteiger partial charge in [-0.3, -0.25) is 9.69 Å². The first-order chi connectivity index (χ1) is 13.7. The number of methoxy groups -OCH3 is 1. The number of carbonyl (C=O) groups excluding carboxylic acids is 2. The van der Waals surface area contributed by atoms with Crippen molar-refractivity contribution in [3.8, 4) is 0 Å². The van der Waals surface area contributed by atoms with Gasteiger partial charge in [0.15, 0.2) is 0 Å². The van der Waals surface area contributed by atoms with Gasteiger partial charge >= 0.3 is 6.09 Å². The number of ether oxygens (including phenoxy) is 1. The summed E-state index contributed by atoms with van der Waals surface area (Å²) in [6.45, 7) is 2.90. The Hall–Kier alpha value is -3.16. The number of benzene rings is 1. The van der Waals surface area contributed by atoms with Crippen LogP contribution < -0.4 is 4.90 Å². The van der Waals surface area contributed by atoms with Crippen LogP contribution in [0.3, 0.4) is 0 Å². The minimum absolute atomic E-state index is 0.0637. The molecular weight excluding hydrogens is 358 g/mol. The number of carbonyl (C=O) groups is 2. The second kappa shape index (κ2) is 7.84. The van der Waals surface area contributed by atoms with Gasteiger partial charge in [-0.1, -0.05) is 24.3 Å². The molecule has 1 aromatic carbocycles. The predicted molar refractivity (Wildman–Crippen MR) is 103 cm³/mol. The first-order valence-electron chi connectivity index (χ1n) is 9.42. The highest BCUT2D eigenvalue weighted by Crippen LogP contribution is 2.32. The number of amides is 2. The molecule has 1 aromatic heterocycles. The van der Waals surface area contributed by atoms with Crippen molar-refractivity contribution in [1.29, 1.82) is 0 Å². The molecule has 146 valence electrons. The van der Waals surface area contributed by atoms with Crippen molar-refractivity contribution in [2.75, 3.05) is 44.7 Å². The lowest BCUT2D eigenvalue weighted by atomic mass is 9.92. The van der Waals surface area contributed by atoms with Crippen LogP contribution in [0.4, 0.5) is 10.7 Å². The van der Waals surface area contributed by atoms with Crippen LogP contribution in [0, 0.1) is 0 Å².